The van der Waals surface area contributed by atoms with E-state index in [1.807, 2.05) is 0 Å². The fourth-order valence-electron chi connectivity index (χ4n) is 5.73. The average Bonchev–Trinajstić information content (AvgIpc) is 3.10. The molecule has 0 aliphatic carbocycles. The number of hydrogen-bond donors (Lipinski definition) is 2. The van der Waals surface area contributed by atoms with Gasteiger partial charge in [0.2, 0.25) is 0 Å². The normalized spacial score (nSPS) is 10.7. The van der Waals surface area contributed by atoms with Gasteiger partial charge in [0.15, 0.2) is 0 Å². The van der Waals surface area contributed by atoms with Gasteiger partial charge in [-0.2, -0.15) is 0 Å². The summed E-state index contributed by atoms with van der Waals surface area (Å²) in [6.45, 7) is 0. The summed E-state index contributed by atoms with van der Waals surface area (Å²) < 4.78 is 0. The van der Waals surface area contributed by atoms with Crippen LogP contribution < -0.4 is 10.6 Å². The van der Waals surface area contributed by atoms with E-state index in [2.05, 4.69) is 193 Å². The summed E-state index contributed by atoms with van der Waals surface area (Å²) in [7, 11) is 0. The molecule has 2 heteroatoms. The van der Waals surface area contributed by atoms with Crippen LogP contribution in [-0.4, -0.2) is 0 Å². The summed E-state index contributed by atoms with van der Waals surface area (Å²) in [5.41, 5.74) is 13.4. The number of anilines is 4. The van der Waals surface area contributed by atoms with Crippen LogP contribution in [0.1, 0.15) is 0 Å². The van der Waals surface area contributed by atoms with Crippen LogP contribution in [-0.2, 0) is 0 Å². The fourth-order valence-corrected chi connectivity index (χ4v) is 5.73. The second kappa shape index (κ2) is 12.6. The lowest BCUT2D eigenvalue weighted by Gasteiger charge is -2.22. The van der Waals surface area contributed by atoms with E-state index >= 15 is 0 Å². The minimum atomic E-state index is 1.03. The molecule has 210 valence electrons. The molecule has 7 rings (SSSR count). The van der Waals surface area contributed by atoms with Crippen LogP contribution in [0.5, 0.6) is 0 Å². The Bertz CT molecular complexity index is 1840. The number of nitrogens with one attached hydrogen (secondary N) is 2. The predicted octanol–water partition coefficient (Wildman–Crippen LogP) is 11.8. The van der Waals surface area contributed by atoms with Crippen molar-refractivity contribution < 1.29 is 0 Å². The molecule has 0 aliphatic heterocycles. The molecule has 0 fully saturated rings. The van der Waals surface area contributed by atoms with E-state index in [4.69, 9.17) is 0 Å². The van der Waals surface area contributed by atoms with Crippen LogP contribution in [0.25, 0.3) is 44.5 Å². The SMILES string of the molecule is c1ccc(-c2ccccc2Nc2cc(Nc3ccccc3-c3ccccc3)c(-c3ccccc3)cc2-c2ccccc2)cc1. The summed E-state index contributed by atoms with van der Waals surface area (Å²) in [6, 6.07) is 63.9. The van der Waals surface area contributed by atoms with Crippen LogP contribution >= 0.6 is 0 Å². The van der Waals surface area contributed by atoms with Gasteiger partial charge in [-0.3, -0.25) is 0 Å². The molecular weight excluding hydrogens is 532 g/mol. The fraction of sp³-hybridized carbons (Fsp3) is 0. The lowest BCUT2D eigenvalue weighted by molar-refractivity contribution is 1.48. The number of hydrogen-bond acceptors (Lipinski definition) is 2. The van der Waals surface area contributed by atoms with Gasteiger partial charge >= 0.3 is 0 Å². The first-order valence-electron chi connectivity index (χ1n) is 15.0. The Morgan fingerprint density at radius 2 is 0.523 bits per heavy atom. The van der Waals surface area contributed by atoms with Crippen LogP contribution in [0.2, 0.25) is 0 Å². The summed E-state index contributed by atoms with van der Waals surface area (Å²) >= 11 is 0. The molecule has 0 spiro atoms. The van der Waals surface area contributed by atoms with Gasteiger partial charge in [-0.05, 0) is 46.5 Å². The van der Waals surface area contributed by atoms with Crippen molar-refractivity contribution in [3.63, 3.8) is 0 Å². The van der Waals surface area contributed by atoms with Crippen molar-refractivity contribution in [2.24, 2.45) is 0 Å². The Labute approximate surface area is 259 Å². The van der Waals surface area contributed by atoms with Gasteiger partial charge < -0.3 is 10.6 Å². The number of benzene rings is 7. The smallest absolute Gasteiger partial charge is 0.0485 e. The highest BCUT2D eigenvalue weighted by Crippen LogP contribution is 2.43. The Kier molecular flexibility index (Phi) is 7.71. The summed E-state index contributed by atoms with van der Waals surface area (Å²) in [4.78, 5) is 0. The zero-order valence-corrected chi connectivity index (χ0v) is 24.3. The molecule has 0 aromatic heterocycles. The maximum Gasteiger partial charge on any atom is 0.0485 e. The van der Waals surface area contributed by atoms with Gasteiger partial charge in [-0.25, -0.2) is 0 Å². The molecule has 0 aliphatic rings. The highest BCUT2D eigenvalue weighted by atomic mass is 14.9. The Morgan fingerprint density at radius 1 is 0.227 bits per heavy atom. The highest BCUT2D eigenvalue weighted by molar-refractivity contribution is 5.96. The quantitative estimate of drug-likeness (QED) is 0.192. The molecule has 44 heavy (non-hydrogen) atoms. The highest BCUT2D eigenvalue weighted by Gasteiger charge is 2.16. The molecule has 2 nitrogen and oxygen atoms in total. The van der Waals surface area contributed by atoms with Crippen molar-refractivity contribution >= 4 is 22.7 Å². The summed E-state index contributed by atoms with van der Waals surface area (Å²) in [6.07, 6.45) is 0. The predicted molar refractivity (Wildman–Crippen MR) is 188 cm³/mol. The van der Waals surface area contributed by atoms with Crippen molar-refractivity contribution in [1.29, 1.82) is 0 Å². The molecular formula is C42H32N2. The van der Waals surface area contributed by atoms with Crippen molar-refractivity contribution in [2.45, 2.75) is 0 Å². The third kappa shape index (κ3) is 5.74. The standard InChI is InChI=1S/C42H32N2/c1-5-17-31(18-6-1)35-25-13-15-27-39(35)43-41-30-42(44-40-28-16-14-26-36(40)32-19-7-2-8-20-32)38(34-23-11-4-12-24-34)29-37(41)33-21-9-3-10-22-33/h1-30,43-44H. The minimum Gasteiger partial charge on any atom is -0.354 e. The van der Waals surface area contributed by atoms with Crippen LogP contribution in [0, 0.1) is 0 Å². The second-order valence-corrected chi connectivity index (χ2v) is 10.7. The van der Waals surface area contributed by atoms with Gasteiger partial charge in [-0.15, -0.1) is 0 Å². The molecule has 7 aromatic carbocycles. The molecule has 0 heterocycles. The zero-order chi connectivity index (χ0) is 29.6. The molecule has 0 saturated carbocycles. The van der Waals surface area contributed by atoms with E-state index in [9.17, 15) is 0 Å². The maximum absolute atomic E-state index is 3.85. The number of para-hydroxylation sites is 2. The molecule has 0 unspecified atom stereocenters. The molecule has 2 N–H and O–H groups in total. The van der Waals surface area contributed by atoms with Crippen LogP contribution in [0.15, 0.2) is 182 Å². The zero-order valence-electron chi connectivity index (χ0n) is 24.3. The first-order chi connectivity index (χ1) is 21.8. The van der Waals surface area contributed by atoms with E-state index in [1.54, 1.807) is 0 Å². The lowest BCUT2D eigenvalue weighted by atomic mass is 9.94. The van der Waals surface area contributed by atoms with E-state index in [1.165, 1.54) is 11.1 Å². The molecule has 7 aromatic rings. The number of rotatable bonds is 8. The van der Waals surface area contributed by atoms with Gasteiger partial charge in [0.05, 0.1) is 0 Å². The first kappa shape index (κ1) is 27.0. The largest absolute Gasteiger partial charge is 0.354 e. The molecule has 0 radical (unpaired) electrons. The van der Waals surface area contributed by atoms with Crippen LogP contribution in [0.4, 0.5) is 22.7 Å². The van der Waals surface area contributed by atoms with E-state index in [0.29, 0.717) is 0 Å². The molecule has 0 saturated heterocycles. The van der Waals surface area contributed by atoms with Crippen molar-refractivity contribution in [3.05, 3.63) is 182 Å². The van der Waals surface area contributed by atoms with Crippen molar-refractivity contribution in [1.82, 2.24) is 0 Å². The maximum atomic E-state index is 3.85. The second-order valence-electron chi connectivity index (χ2n) is 10.7. The summed E-state index contributed by atoms with van der Waals surface area (Å²) in [5.74, 6) is 0. The molecule has 0 bridgehead atoms. The van der Waals surface area contributed by atoms with Gasteiger partial charge in [-0.1, -0.05) is 158 Å². The third-order valence-electron chi connectivity index (χ3n) is 7.89. The van der Waals surface area contributed by atoms with Gasteiger partial charge in [0.1, 0.15) is 0 Å². The van der Waals surface area contributed by atoms with Crippen LogP contribution in [0.3, 0.4) is 0 Å². The average molecular weight is 565 g/mol. The lowest BCUT2D eigenvalue weighted by Crippen LogP contribution is -2.01. The Balaban J connectivity index is 1.41. The Morgan fingerprint density at radius 3 is 0.886 bits per heavy atom. The molecule has 0 atom stereocenters. The Hall–Kier alpha value is -5.86. The first-order valence-corrected chi connectivity index (χ1v) is 15.0. The van der Waals surface area contributed by atoms with Crippen molar-refractivity contribution in [2.75, 3.05) is 10.6 Å². The topological polar surface area (TPSA) is 24.1 Å². The minimum absolute atomic E-state index is 1.03. The molecule has 0 amide bonds. The van der Waals surface area contributed by atoms with Gasteiger partial charge in [0, 0.05) is 45.0 Å². The monoisotopic (exact) mass is 564 g/mol. The van der Waals surface area contributed by atoms with Crippen molar-refractivity contribution in [3.8, 4) is 44.5 Å². The van der Waals surface area contributed by atoms with Gasteiger partial charge in [0.25, 0.3) is 0 Å². The van der Waals surface area contributed by atoms with E-state index in [-0.39, 0.29) is 0 Å². The van der Waals surface area contributed by atoms with E-state index in [0.717, 1.165) is 56.1 Å². The van der Waals surface area contributed by atoms with E-state index < -0.39 is 0 Å². The third-order valence-corrected chi connectivity index (χ3v) is 7.89. The summed E-state index contributed by atoms with van der Waals surface area (Å²) in [5, 5.41) is 7.70.